The molecule has 0 unspecified atom stereocenters. The van der Waals surface area contributed by atoms with Gasteiger partial charge < -0.3 is 15.6 Å². The summed E-state index contributed by atoms with van der Waals surface area (Å²) in [5.74, 6) is -1.25. The van der Waals surface area contributed by atoms with Gasteiger partial charge in [0.25, 0.3) is 6.43 Å². The minimum atomic E-state index is -2.87. The van der Waals surface area contributed by atoms with Crippen LogP contribution in [0.25, 0.3) is 0 Å². The van der Waals surface area contributed by atoms with Crippen molar-refractivity contribution in [3.63, 3.8) is 0 Å². The van der Waals surface area contributed by atoms with Crippen molar-refractivity contribution >= 4 is 11.7 Å². The Kier molecular flexibility index (Phi) is 3.60. The number of nitrogens with two attached hydrogens (primary N) is 1. The molecule has 0 saturated carbocycles. The van der Waals surface area contributed by atoms with Crippen LogP contribution in [0.1, 0.15) is 17.7 Å². The van der Waals surface area contributed by atoms with Gasteiger partial charge in [0.2, 0.25) is 5.88 Å². The molecule has 1 aromatic rings. The van der Waals surface area contributed by atoms with Crippen LogP contribution in [0.4, 0.5) is 14.5 Å². The Morgan fingerprint density at radius 3 is 2.75 bits per heavy atom. The molecule has 0 saturated heterocycles. The molecule has 0 aromatic carbocycles. The molecule has 1 heterocycles. The standard InChI is InChI=1S/C9H10F2N2O3/c1-16-5-2-4(3-6(14)15)7(12)8(13-5)9(10)11/h2,9H,3,12H2,1H3,(H,14,15). The van der Waals surface area contributed by atoms with Gasteiger partial charge in [-0.25, -0.2) is 13.8 Å². The highest BCUT2D eigenvalue weighted by Gasteiger charge is 2.19. The van der Waals surface area contributed by atoms with Gasteiger partial charge in [-0.05, 0) is 5.56 Å². The first-order valence-corrected chi connectivity index (χ1v) is 4.29. The van der Waals surface area contributed by atoms with E-state index in [1.54, 1.807) is 0 Å². The highest BCUT2D eigenvalue weighted by atomic mass is 19.3. The lowest BCUT2D eigenvalue weighted by molar-refractivity contribution is -0.136. The highest BCUT2D eigenvalue weighted by molar-refractivity contribution is 5.73. The van der Waals surface area contributed by atoms with E-state index in [1.165, 1.54) is 13.2 Å². The largest absolute Gasteiger partial charge is 0.481 e. The SMILES string of the molecule is COc1cc(CC(=O)O)c(N)c(C(F)F)n1. The number of rotatable bonds is 4. The number of carboxylic acid groups (broad SMARTS) is 1. The molecular formula is C9H10F2N2O3. The van der Waals surface area contributed by atoms with E-state index >= 15 is 0 Å². The summed E-state index contributed by atoms with van der Waals surface area (Å²) in [5, 5.41) is 8.58. The Balaban J connectivity index is 3.25. The number of ether oxygens (including phenoxy) is 1. The molecule has 0 spiro atoms. The topological polar surface area (TPSA) is 85.4 Å². The first kappa shape index (κ1) is 12.2. The van der Waals surface area contributed by atoms with Crippen molar-refractivity contribution < 1.29 is 23.4 Å². The van der Waals surface area contributed by atoms with Crippen LogP contribution in [0.5, 0.6) is 5.88 Å². The molecule has 0 aliphatic heterocycles. The zero-order valence-electron chi connectivity index (χ0n) is 8.41. The number of carboxylic acids is 1. The number of alkyl halides is 2. The Morgan fingerprint density at radius 2 is 2.31 bits per heavy atom. The Morgan fingerprint density at radius 1 is 1.69 bits per heavy atom. The van der Waals surface area contributed by atoms with Gasteiger partial charge >= 0.3 is 5.97 Å². The highest BCUT2D eigenvalue weighted by Crippen LogP contribution is 2.29. The van der Waals surface area contributed by atoms with Crippen molar-refractivity contribution in [2.45, 2.75) is 12.8 Å². The molecule has 5 nitrogen and oxygen atoms in total. The molecule has 7 heteroatoms. The lowest BCUT2D eigenvalue weighted by Crippen LogP contribution is -2.09. The number of aromatic nitrogens is 1. The minimum absolute atomic E-state index is 0.0645. The summed E-state index contributed by atoms with van der Waals surface area (Å²) in [4.78, 5) is 14.0. The lowest BCUT2D eigenvalue weighted by atomic mass is 10.1. The summed E-state index contributed by atoms with van der Waals surface area (Å²) >= 11 is 0. The molecule has 0 aliphatic rings. The van der Waals surface area contributed by atoms with Gasteiger partial charge in [-0.1, -0.05) is 0 Å². The van der Waals surface area contributed by atoms with E-state index in [0.29, 0.717) is 0 Å². The molecule has 16 heavy (non-hydrogen) atoms. The van der Waals surface area contributed by atoms with E-state index in [-0.39, 0.29) is 17.1 Å². The van der Waals surface area contributed by atoms with Gasteiger partial charge in [-0.3, -0.25) is 4.79 Å². The molecule has 1 aromatic heterocycles. The summed E-state index contributed by atoms with van der Waals surface area (Å²) in [6.45, 7) is 0. The Labute approximate surface area is 89.9 Å². The normalized spacial score (nSPS) is 10.5. The van der Waals surface area contributed by atoms with E-state index in [1.807, 2.05) is 0 Å². The van der Waals surface area contributed by atoms with Crippen LogP contribution in [0.3, 0.4) is 0 Å². The van der Waals surface area contributed by atoms with Gasteiger partial charge in [0.1, 0.15) is 5.69 Å². The van der Waals surface area contributed by atoms with Gasteiger partial charge in [-0.2, -0.15) is 0 Å². The predicted octanol–water partition coefficient (Wildman–Crippen LogP) is 1.24. The average molecular weight is 232 g/mol. The van der Waals surface area contributed by atoms with Crippen LogP contribution in [-0.4, -0.2) is 23.2 Å². The van der Waals surface area contributed by atoms with Gasteiger partial charge in [-0.15, -0.1) is 0 Å². The number of nitrogen functional groups attached to an aromatic ring is 1. The van der Waals surface area contributed by atoms with Gasteiger partial charge in [0, 0.05) is 6.07 Å². The van der Waals surface area contributed by atoms with Crippen molar-refractivity contribution in [2.24, 2.45) is 0 Å². The molecule has 0 amide bonds. The number of nitrogens with zero attached hydrogens (tertiary/aromatic N) is 1. The second-order valence-electron chi connectivity index (χ2n) is 2.99. The van der Waals surface area contributed by atoms with E-state index in [9.17, 15) is 13.6 Å². The summed E-state index contributed by atoms with van der Waals surface area (Å²) in [6, 6.07) is 1.23. The van der Waals surface area contributed by atoms with Crippen molar-refractivity contribution in [3.8, 4) is 5.88 Å². The van der Waals surface area contributed by atoms with E-state index in [0.717, 1.165) is 0 Å². The fraction of sp³-hybridized carbons (Fsp3) is 0.333. The monoisotopic (exact) mass is 232 g/mol. The minimum Gasteiger partial charge on any atom is -0.481 e. The maximum absolute atomic E-state index is 12.5. The van der Waals surface area contributed by atoms with Crippen LogP contribution in [-0.2, 0) is 11.2 Å². The summed E-state index contributed by atoms with van der Waals surface area (Å²) in [7, 11) is 1.25. The number of carbonyl (C=O) groups is 1. The predicted molar refractivity (Wildman–Crippen MR) is 51.5 cm³/mol. The van der Waals surface area contributed by atoms with Crippen LogP contribution in [0.15, 0.2) is 6.07 Å². The molecule has 0 bridgehead atoms. The number of anilines is 1. The number of aliphatic carboxylic acids is 1. The van der Waals surface area contributed by atoms with Crippen LogP contribution >= 0.6 is 0 Å². The number of methoxy groups -OCH3 is 1. The molecule has 0 aliphatic carbocycles. The van der Waals surface area contributed by atoms with Crippen molar-refractivity contribution in [1.29, 1.82) is 0 Å². The molecule has 0 fully saturated rings. The third kappa shape index (κ3) is 2.56. The number of pyridine rings is 1. The summed E-state index contributed by atoms with van der Waals surface area (Å²) in [6.07, 6.45) is -3.33. The molecule has 1 rings (SSSR count). The zero-order valence-corrected chi connectivity index (χ0v) is 8.41. The second kappa shape index (κ2) is 4.73. The number of hydrogen-bond donors (Lipinski definition) is 2. The quantitative estimate of drug-likeness (QED) is 0.815. The van der Waals surface area contributed by atoms with E-state index in [4.69, 9.17) is 10.8 Å². The van der Waals surface area contributed by atoms with E-state index in [2.05, 4.69) is 9.72 Å². The molecule has 0 atom stereocenters. The van der Waals surface area contributed by atoms with Gasteiger partial charge in [0.15, 0.2) is 0 Å². The summed E-state index contributed by atoms with van der Waals surface area (Å²) < 4.78 is 29.7. The Bertz CT molecular complexity index is 410. The van der Waals surface area contributed by atoms with Crippen molar-refractivity contribution in [1.82, 2.24) is 4.98 Å². The Hall–Kier alpha value is -1.92. The maximum atomic E-state index is 12.5. The molecular weight excluding hydrogens is 222 g/mol. The molecule has 88 valence electrons. The first-order valence-electron chi connectivity index (χ1n) is 4.29. The van der Waals surface area contributed by atoms with Crippen LogP contribution in [0.2, 0.25) is 0 Å². The number of hydrogen-bond acceptors (Lipinski definition) is 4. The zero-order chi connectivity index (χ0) is 12.3. The third-order valence-corrected chi connectivity index (χ3v) is 1.91. The third-order valence-electron chi connectivity index (χ3n) is 1.91. The van der Waals surface area contributed by atoms with Crippen LogP contribution in [0, 0.1) is 0 Å². The average Bonchev–Trinajstić information content (AvgIpc) is 2.19. The smallest absolute Gasteiger partial charge is 0.307 e. The summed E-state index contributed by atoms with van der Waals surface area (Å²) in [5.41, 5.74) is 4.50. The van der Waals surface area contributed by atoms with Gasteiger partial charge in [0.05, 0.1) is 19.2 Å². The maximum Gasteiger partial charge on any atom is 0.307 e. The molecule has 0 radical (unpaired) electrons. The van der Waals surface area contributed by atoms with Crippen LogP contribution < -0.4 is 10.5 Å². The fourth-order valence-electron chi connectivity index (χ4n) is 1.18. The first-order chi connectivity index (χ1) is 7.45. The molecule has 3 N–H and O–H groups in total. The van der Waals surface area contributed by atoms with E-state index < -0.39 is 24.5 Å². The second-order valence-corrected chi connectivity index (χ2v) is 2.99. The number of halogens is 2. The fourth-order valence-corrected chi connectivity index (χ4v) is 1.18. The van der Waals surface area contributed by atoms with Crippen molar-refractivity contribution in [2.75, 3.05) is 12.8 Å². The van der Waals surface area contributed by atoms with Crippen molar-refractivity contribution in [3.05, 3.63) is 17.3 Å². The lowest BCUT2D eigenvalue weighted by Gasteiger charge is -2.10.